The molecule has 0 saturated carbocycles. The first-order valence-corrected chi connectivity index (χ1v) is 14.1. The van der Waals surface area contributed by atoms with Crippen molar-refractivity contribution >= 4 is 31.4 Å². The van der Waals surface area contributed by atoms with E-state index >= 15 is 0 Å². The van der Waals surface area contributed by atoms with E-state index in [2.05, 4.69) is 4.72 Å². The number of sulfonamides is 2. The van der Waals surface area contributed by atoms with E-state index in [9.17, 15) is 16.8 Å². The van der Waals surface area contributed by atoms with Gasteiger partial charge in [0.2, 0.25) is 0 Å². The molecule has 0 aromatic heterocycles. The summed E-state index contributed by atoms with van der Waals surface area (Å²) in [7, 11) is -7.63. The molecule has 4 rings (SSSR count). The smallest absolute Gasteiger partial charge is 0.264 e. The van der Waals surface area contributed by atoms with E-state index in [0.717, 1.165) is 12.0 Å². The molecule has 0 fully saturated rings. The Kier molecular flexibility index (Phi) is 6.86. The minimum absolute atomic E-state index is 0.0934. The molecule has 0 amide bonds. The molecular weight excluding hydrogens is 472 g/mol. The van der Waals surface area contributed by atoms with Gasteiger partial charge in [0.1, 0.15) is 5.75 Å². The molecule has 1 aliphatic heterocycles. The molecule has 1 aliphatic rings. The van der Waals surface area contributed by atoms with Crippen molar-refractivity contribution in [3.8, 4) is 5.75 Å². The second-order valence-electron chi connectivity index (χ2n) is 8.62. The average molecular weight is 501 g/mol. The number of rotatable bonds is 8. The maximum atomic E-state index is 13.3. The van der Waals surface area contributed by atoms with Crippen LogP contribution in [0, 0.1) is 5.92 Å². The summed E-state index contributed by atoms with van der Waals surface area (Å²) in [5, 5.41) is 0. The minimum Gasteiger partial charge on any atom is -0.493 e. The Morgan fingerprint density at radius 3 is 2.29 bits per heavy atom. The highest BCUT2D eigenvalue weighted by atomic mass is 32.2. The molecule has 0 spiro atoms. The van der Waals surface area contributed by atoms with Gasteiger partial charge in [-0.25, -0.2) is 16.8 Å². The van der Waals surface area contributed by atoms with Gasteiger partial charge in [-0.15, -0.1) is 0 Å². The molecular formula is C25H28N2O5S2. The summed E-state index contributed by atoms with van der Waals surface area (Å²) in [6.07, 6.45) is 1.41. The van der Waals surface area contributed by atoms with Crippen LogP contribution < -0.4 is 13.8 Å². The molecule has 34 heavy (non-hydrogen) atoms. The van der Waals surface area contributed by atoms with Gasteiger partial charge >= 0.3 is 0 Å². The molecule has 0 saturated heterocycles. The number of hydrogen-bond donors (Lipinski definition) is 1. The van der Waals surface area contributed by atoms with Crippen LogP contribution in [0.5, 0.6) is 5.75 Å². The summed E-state index contributed by atoms with van der Waals surface area (Å²) >= 11 is 0. The third-order valence-corrected chi connectivity index (χ3v) is 8.69. The first kappa shape index (κ1) is 24.1. The number of nitrogens with one attached hydrogen (secondary N) is 1. The Bertz CT molecular complexity index is 1350. The van der Waals surface area contributed by atoms with Gasteiger partial charge in [0.15, 0.2) is 0 Å². The van der Waals surface area contributed by atoms with Crippen LogP contribution >= 0.6 is 0 Å². The molecule has 0 aliphatic carbocycles. The van der Waals surface area contributed by atoms with Crippen molar-refractivity contribution in [2.75, 3.05) is 22.2 Å². The fraction of sp³-hybridized carbons (Fsp3) is 0.280. The highest BCUT2D eigenvalue weighted by Crippen LogP contribution is 2.34. The second-order valence-corrected chi connectivity index (χ2v) is 12.2. The SMILES string of the molecule is CC(C)COc1ccc(S(=O)(=O)Nc2ccc3c(c2)N(S(=O)(=O)c2ccccc2)CCC3)cc1. The average Bonchev–Trinajstić information content (AvgIpc) is 2.83. The molecule has 3 aromatic rings. The maximum Gasteiger partial charge on any atom is 0.264 e. The summed E-state index contributed by atoms with van der Waals surface area (Å²) in [6.45, 7) is 4.95. The fourth-order valence-electron chi connectivity index (χ4n) is 3.77. The fourth-order valence-corrected chi connectivity index (χ4v) is 6.37. The summed E-state index contributed by atoms with van der Waals surface area (Å²) < 4.78 is 62.0. The Hall–Kier alpha value is -3.04. The van der Waals surface area contributed by atoms with Gasteiger partial charge in [0.05, 0.1) is 27.8 Å². The van der Waals surface area contributed by atoms with E-state index in [-0.39, 0.29) is 9.79 Å². The van der Waals surface area contributed by atoms with Crippen molar-refractivity contribution in [1.29, 1.82) is 0 Å². The quantitative estimate of drug-likeness (QED) is 0.485. The molecule has 180 valence electrons. The van der Waals surface area contributed by atoms with Crippen molar-refractivity contribution in [3.63, 3.8) is 0 Å². The van der Waals surface area contributed by atoms with Gasteiger partial charge < -0.3 is 4.74 Å². The lowest BCUT2D eigenvalue weighted by Crippen LogP contribution is -2.35. The van der Waals surface area contributed by atoms with Crippen LogP contribution in [0.2, 0.25) is 0 Å². The number of aryl methyl sites for hydroxylation is 1. The van der Waals surface area contributed by atoms with Gasteiger partial charge in [0.25, 0.3) is 20.0 Å². The van der Waals surface area contributed by atoms with Crippen molar-refractivity contribution in [2.24, 2.45) is 5.92 Å². The normalized spacial score (nSPS) is 14.0. The highest BCUT2D eigenvalue weighted by Gasteiger charge is 2.29. The minimum atomic E-state index is -3.87. The molecule has 1 heterocycles. The zero-order chi connectivity index (χ0) is 24.3. The zero-order valence-electron chi connectivity index (χ0n) is 19.1. The van der Waals surface area contributed by atoms with E-state index < -0.39 is 20.0 Å². The summed E-state index contributed by atoms with van der Waals surface area (Å²) in [4.78, 5) is 0.296. The number of fused-ring (bicyclic) bond motifs is 1. The maximum absolute atomic E-state index is 13.3. The number of nitrogens with zero attached hydrogens (tertiary/aromatic N) is 1. The molecule has 9 heteroatoms. The van der Waals surface area contributed by atoms with Crippen LogP contribution in [0.15, 0.2) is 82.6 Å². The second kappa shape index (κ2) is 9.68. The largest absolute Gasteiger partial charge is 0.493 e. The van der Waals surface area contributed by atoms with Crippen LogP contribution in [-0.4, -0.2) is 30.0 Å². The molecule has 0 unspecified atom stereocenters. The number of hydrogen-bond acceptors (Lipinski definition) is 5. The lowest BCUT2D eigenvalue weighted by molar-refractivity contribution is 0.271. The Morgan fingerprint density at radius 1 is 0.912 bits per heavy atom. The van der Waals surface area contributed by atoms with E-state index in [4.69, 9.17) is 4.74 Å². The number of benzene rings is 3. The first-order valence-electron chi connectivity index (χ1n) is 11.1. The van der Waals surface area contributed by atoms with Crippen LogP contribution in [0.3, 0.4) is 0 Å². The van der Waals surface area contributed by atoms with Crippen molar-refractivity contribution in [2.45, 2.75) is 36.5 Å². The first-order chi connectivity index (χ1) is 16.2. The zero-order valence-corrected chi connectivity index (χ0v) is 20.8. The van der Waals surface area contributed by atoms with Gasteiger partial charge in [-0.1, -0.05) is 38.1 Å². The summed E-state index contributed by atoms with van der Waals surface area (Å²) in [5.41, 5.74) is 1.65. The lowest BCUT2D eigenvalue weighted by Gasteiger charge is -2.31. The van der Waals surface area contributed by atoms with Gasteiger partial charge in [-0.3, -0.25) is 9.03 Å². The van der Waals surface area contributed by atoms with E-state index in [1.807, 2.05) is 13.8 Å². The molecule has 7 nitrogen and oxygen atoms in total. The third-order valence-electron chi connectivity index (χ3n) is 5.46. The van der Waals surface area contributed by atoms with Crippen molar-refractivity contribution < 1.29 is 21.6 Å². The predicted octanol–water partition coefficient (Wildman–Crippen LogP) is 4.66. The summed E-state index contributed by atoms with van der Waals surface area (Å²) in [5.74, 6) is 0.961. The molecule has 1 N–H and O–H groups in total. The van der Waals surface area contributed by atoms with Crippen LogP contribution in [-0.2, 0) is 26.5 Å². The molecule has 0 atom stereocenters. The topological polar surface area (TPSA) is 92.8 Å². The Labute approximate surface area is 201 Å². The van der Waals surface area contributed by atoms with E-state index in [0.29, 0.717) is 42.6 Å². The monoisotopic (exact) mass is 500 g/mol. The Balaban J connectivity index is 1.59. The molecule has 3 aromatic carbocycles. The lowest BCUT2D eigenvalue weighted by atomic mass is 10.0. The van der Waals surface area contributed by atoms with Gasteiger partial charge in [-0.2, -0.15) is 0 Å². The van der Waals surface area contributed by atoms with Crippen molar-refractivity contribution in [1.82, 2.24) is 0 Å². The molecule has 0 radical (unpaired) electrons. The number of anilines is 2. The van der Waals surface area contributed by atoms with E-state index in [1.54, 1.807) is 60.7 Å². The number of ether oxygens (including phenoxy) is 1. The standard InChI is InChI=1S/C25H28N2O5S2/c1-19(2)18-32-22-12-14-23(15-13-22)33(28,29)26-21-11-10-20-7-6-16-27(25(20)17-21)34(30,31)24-8-4-3-5-9-24/h3-5,8-15,17,19,26H,6-7,16,18H2,1-2H3. The predicted molar refractivity (Wildman–Crippen MR) is 133 cm³/mol. The third kappa shape index (κ3) is 5.20. The van der Waals surface area contributed by atoms with Crippen LogP contribution in [0.25, 0.3) is 0 Å². The molecule has 0 bridgehead atoms. The van der Waals surface area contributed by atoms with Gasteiger partial charge in [-0.05, 0) is 72.9 Å². The van der Waals surface area contributed by atoms with Gasteiger partial charge in [0, 0.05) is 6.54 Å². The Morgan fingerprint density at radius 2 is 1.62 bits per heavy atom. The summed E-state index contributed by atoms with van der Waals surface area (Å²) in [6, 6.07) is 19.5. The van der Waals surface area contributed by atoms with Crippen LogP contribution in [0.4, 0.5) is 11.4 Å². The van der Waals surface area contributed by atoms with Crippen LogP contribution in [0.1, 0.15) is 25.8 Å². The highest BCUT2D eigenvalue weighted by molar-refractivity contribution is 7.93. The van der Waals surface area contributed by atoms with Crippen molar-refractivity contribution in [3.05, 3.63) is 78.4 Å². The van der Waals surface area contributed by atoms with E-state index in [1.165, 1.54) is 16.4 Å².